The Balaban J connectivity index is 0.00000243. The van der Waals surface area contributed by atoms with Crippen molar-refractivity contribution in [3.63, 3.8) is 0 Å². The molecule has 0 aromatic heterocycles. The fourth-order valence-electron chi connectivity index (χ4n) is 3.42. The maximum absolute atomic E-state index is 12.1. The second-order valence-corrected chi connectivity index (χ2v) is 8.20. The molecule has 0 bridgehead atoms. The van der Waals surface area contributed by atoms with E-state index in [1.54, 1.807) is 7.05 Å². The van der Waals surface area contributed by atoms with E-state index >= 15 is 0 Å². The molecule has 2 N–H and O–H groups in total. The number of aliphatic imine (C=N–C) groups is 1. The summed E-state index contributed by atoms with van der Waals surface area (Å²) < 4.78 is 1.11. The molecule has 5 nitrogen and oxygen atoms in total. The molecule has 2 fully saturated rings. The van der Waals surface area contributed by atoms with Gasteiger partial charge in [0.2, 0.25) is 5.91 Å². The van der Waals surface area contributed by atoms with Gasteiger partial charge in [0.15, 0.2) is 5.96 Å². The summed E-state index contributed by atoms with van der Waals surface area (Å²) in [5, 5.41) is 7.00. The summed E-state index contributed by atoms with van der Waals surface area (Å²) >= 11 is 3.48. The van der Waals surface area contributed by atoms with Crippen molar-refractivity contribution in [2.45, 2.75) is 44.7 Å². The van der Waals surface area contributed by atoms with Crippen LogP contribution >= 0.6 is 39.9 Å². The van der Waals surface area contributed by atoms with Gasteiger partial charge in [0.05, 0.1) is 0 Å². The molecule has 0 radical (unpaired) electrons. The number of carbonyl (C=O) groups excluding carboxylic acids is 1. The molecule has 0 spiro atoms. The van der Waals surface area contributed by atoms with E-state index < -0.39 is 0 Å². The van der Waals surface area contributed by atoms with Gasteiger partial charge in [-0.15, -0.1) is 24.0 Å². The molecule has 1 aromatic rings. The van der Waals surface area contributed by atoms with E-state index in [1.807, 2.05) is 18.7 Å². The van der Waals surface area contributed by atoms with E-state index in [2.05, 4.69) is 55.8 Å². The van der Waals surface area contributed by atoms with Crippen molar-refractivity contribution < 1.29 is 4.79 Å². The fourth-order valence-corrected chi connectivity index (χ4v) is 3.68. The Morgan fingerprint density at radius 3 is 2.58 bits per heavy atom. The highest BCUT2D eigenvalue weighted by Crippen LogP contribution is 2.41. The number of rotatable bonds is 4. The first-order chi connectivity index (χ1) is 12.0. The van der Waals surface area contributed by atoms with Crippen LogP contribution < -0.4 is 10.6 Å². The number of nitrogens with one attached hydrogen (secondary N) is 2. The number of benzene rings is 1. The van der Waals surface area contributed by atoms with E-state index in [9.17, 15) is 4.79 Å². The molecule has 144 valence electrons. The SMILES string of the molecule is CN=C(NC1CCN(C(=O)C(C)C)C1)NC1CC1c1ccc(Br)cc1.I. The number of amides is 1. The van der Waals surface area contributed by atoms with Gasteiger partial charge in [0.1, 0.15) is 0 Å². The molecule has 3 atom stereocenters. The van der Waals surface area contributed by atoms with Gasteiger partial charge in [-0.3, -0.25) is 9.79 Å². The van der Waals surface area contributed by atoms with Crippen LogP contribution in [0.4, 0.5) is 0 Å². The molecule has 1 saturated carbocycles. The van der Waals surface area contributed by atoms with Crippen LogP contribution in [0.15, 0.2) is 33.7 Å². The van der Waals surface area contributed by atoms with E-state index in [4.69, 9.17) is 0 Å². The van der Waals surface area contributed by atoms with Gasteiger partial charge in [-0.05, 0) is 30.5 Å². The molecular formula is C19H28BrIN4O. The lowest BCUT2D eigenvalue weighted by molar-refractivity contribution is -0.133. The molecule has 7 heteroatoms. The van der Waals surface area contributed by atoms with Crippen molar-refractivity contribution in [2.24, 2.45) is 10.9 Å². The van der Waals surface area contributed by atoms with Crippen LogP contribution in [0.1, 0.15) is 38.2 Å². The zero-order valence-electron chi connectivity index (χ0n) is 15.5. The zero-order chi connectivity index (χ0) is 18.0. The molecule has 1 heterocycles. The van der Waals surface area contributed by atoms with Gasteiger partial charge >= 0.3 is 0 Å². The van der Waals surface area contributed by atoms with Crippen molar-refractivity contribution >= 4 is 51.8 Å². The summed E-state index contributed by atoms with van der Waals surface area (Å²) in [5.41, 5.74) is 1.37. The molecule has 2 aliphatic rings. The second kappa shape index (κ2) is 9.39. The largest absolute Gasteiger partial charge is 0.353 e. The normalized spacial score (nSPS) is 25.0. The molecule has 26 heavy (non-hydrogen) atoms. The molecule has 1 aliphatic heterocycles. The van der Waals surface area contributed by atoms with Gasteiger partial charge in [0.25, 0.3) is 0 Å². The highest BCUT2D eigenvalue weighted by molar-refractivity contribution is 14.0. The first-order valence-electron chi connectivity index (χ1n) is 9.02. The minimum atomic E-state index is 0. The van der Waals surface area contributed by atoms with E-state index in [-0.39, 0.29) is 41.8 Å². The molecule has 1 aromatic carbocycles. The van der Waals surface area contributed by atoms with E-state index in [1.165, 1.54) is 5.56 Å². The topological polar surface area (TPSA) is 56.7 Å². The smallest absolute Gasteiger partial charge is 0.225 e. The predicted octanol–water partition coefficient (Wildman–Crippen LogP) is 3.34. The van der Waals surface area contributed by atoms with Gasteiger partial charge in [-0.2, -0.15) is 0 Å². The Labute approximate surface area is 181 Å². The highest BCUT2D eigenvalue weighted by Gasteiger charge is 2.39. The summed E-state index contributed by atoms with van der Waals surface area (Å²) in [6.07, 6.45) is 2.10. The summed E-state index contributed by atoms with van der Waals surface area (Å²) in [5.74, 6) is 1.70. The first kappa shape index (κ1) is 21.5. The summed E-state index contributed by atoms with van der Waals surface area (Å²) in [6, 6.07) is 9.26. The Bertz CT molecular complexity index is 649. The molecule has 3 rings (SSSR count). The lowest BCUT2D eigenvalue weighted by Crippen LogP contribution is -2.46. The summed E-state index contributed by atoms with van der Waals surface area (Å²) in [7, 11) is 1.80. The number of carbonyl (C=O) groups is 1. The quantitative estimate of drug-likeness (QED) is 0.354. The van der Waals surface area contributed by atoms with Crippen molar-refractivity contribution in [2.75, 3.05) is 20.1 Å². The molecule has 3 unspecified atom stereocenters. The van der Waals surface area contributed by atoms with E-state index in [0.29, 0.717) is 12.0 Å². The average molecular weight is 535 g/mol. The number of nitrogens with zero attached hydrogens (tertiary/aromatic N) is 2. The predicted molar refractivity (Wildman–Crippen MR) is 120 cm³/mol. The summed E-state index contributed by atoms with van der Waals surface area (Å²) in [4.78, 5) is 18.4. The second-order valence-electron chi connectivity index (χ2n) is 7.29. The minimum absolute atomic E-state index is 0. The maximum atomic E-state index is 12.1. The number of hydrogen-bond acceptors (Lipinski definition) is 2. The Hall–Kier alpha value is -0.830. The summed E-state index contributed by atoms with van der Waals surface area (Å²) in [6.45, 7) is 5.51. The van der Waals surface area contributed by atoms with Crippen molar-refractivity contribution in [1.82, 2.24) is 15.5 Å². The van der Waals surface area contributed by atoms with Gasteiger partial charge in [-0.1, -0.05) is 41.9 Å². The number of likely N-dealkylation sites (tertiary alicyclic amines) is 1. The lowest BCUT2D eigenvalue weighted by Gasteiger charge is -2.20. The molecule has 1 aliphatic carbocycles. The third-order valence-electron chi connectivity index (χ3n) is 4.97. The van der Waals surface area contributed by atoms with Crippen LogP contribution in [0.25, 0.3) is 0 Å². The first-order valence-corrected chi connectivity index (χ1v) is 9.81. The van der Waals surface area contributed by atoms with Crippen molar-refractivity contribution in [1.29, 1.82) is 0 Å². The Morgan fingerprint density at radius 1 is 1.27 bits per heavy atom. The molecule has 1 amide bonds. The van der Waals surface area contributed by atoms with Gasteiger partial charge < -0.3 is 15.5 Å². The van der Waals surface area contributed by atoms with Gasteiger partial charge in [0, 0.05) is 48.5 Å². The average Bonchev–Trinajstić information content (AvgIpc) is 3.20. The standard InChI is InChI=1S/C19H27BrN4O.HI/c1-12(2)18(25)24-9-8-15(11-24)22-19(21-3)23-17-10-16(17)13-4-6-14(20)7-5-13;/h4-7,12,15-17H,8-11H2,1-3H3,(H2,21,22,23);1H. The maximum Gasteiger partial charge on any atom is 0.225 e. The van der Waals surface area contributed by atoms with Gasteiger partial charge in [-0.25, -0.2) is 0 Å². The number of hydrogen-bond donors (Lipinski definition) is 2. The van der Waals surface area contributed by atoms with Crippen LogP contribution in [-0.4, -0.2) is 49.0 Å². The minimum Gasteiger partial charge on any atom is -0.353 e. The molecule has 1 saturated heterocycles. The van der Waals surface area contributed by atoms with Crippen molar-refractivity contribution in [3.8, 4) is 0 Å². The fraction of sp³-hybridized carbons (Fsp3) is 0.579. The number of guanidine groups is 1. The van der Waals surface area contributed by atoms with Crippen LogP contribution in [0.3, 0.4) is 0 Å². The lowest BCUT2D eigenvalue weighted by atomic mass is 10.1. The van der Waals surface area contributed by atoms with E-state index in [0.717, 1.165) is 36.4 Å². The van der Waals surface area contributed by atoms with Crippen molar-refractivity contribution in [3.05, 3.63) is 34.3 Å². The van der Waals surface area contributed by atoms with Crippen LogP contribution in [-0.2, 0) is 4.79 Å². The number of halogens is 2. The molecular weight excluding hydrogens is 507 g/mol. The zero-order valence-corrected chi connectivity index (χ0v) is 19.5. The highest BCUT2D eigenvalue weighted by atomic mass is 127. The van der Waals surface area contributed by atoms with Crippen LogP contribution in [0.5, 0.6) is 0 Å². The monoisotopic (exact) mass is 534 g/mol. The Morgan fingerprint density at radius 2 is 1.96 bits per heavy atom. The third-order valence-corrected chi connectivity index (χ3v) is 5.50. The Kier molecular flexibility index (Phi) is 7.76. The van der Waals surface area contributed by atoms with Crippen LogP contribution in [0.2, 0.25) is 0 Å². The van der Waals surface area contributed by atoms with Crippen LogP contribution in [0, 0.1) is 5.92 Å². The third kappa shape index (κ3) is 5.34.